The van der Waals surface area contributed by atoms with Crippen LogP contribution in [0.25, 0.3) is 27.7 Å². The Bertz CT molecular complexity index is 1580. The van der Waals surface area contributed by atoms with Crippen molar-refractivity contribution >= 4 is 39.9 Å². The van der Waals surface area contributed by atoms with Gasteiger partial charge in [-0.2, -0.15) is 0 Å². The summed E-state index contributed by atoms with van der Waals surface area (Å²) in [7, 11) is 1.78. The first-order chi connectivity index (χ1) is 18.5. The molecule has 4 aromatic rings. The van der Waals surface area contributed by atoms with Gasteiger partial charge in [-0.1, -0.05) is 13.5 Å². The van der Waals surface area contributed by atoms with E-state index in [-0.39, 0.29) is 11.8 Å². The maximum Gasteiger partial charge on any atom is 0.257 e. The van der Waals surface area contributed by atoms with Crippen molar-refractivity contribution in [1.82, 2.24) is 29.8 Å². The van der Waals surface area contributed by atoms with Gasteiger partial charge in [-0.15, -0.1) is 5.73 Å². The highest BCUT2D eigenvalue weighted by molar-refractivity contribution is 6.05. The van der Waals surface area contributed by atoms with E-state index in [1.54, 1.807) is 45.0 Å². The Morgan fingerprint density at radius 3 is 2.55 bits per heavy atom. The van der Waals surface area contributed by atoms with Crippen molar-refractivity contribution in [2.24, 2.45) is 0 Å². The molecule has 1 aliphatic rings. The number of nitrogens with one attached hydrogen (secondary N) is 3. The standard InChI is InChI=1S/C28H28N8O2/c1-4-20(27-34-23-16-31-15-22(25(23)35-27)28(38)36-8-6-7-9-36)21-11-18(13-32-26(21)29-3)17-10-19(14-30-12-17)33-24(37)5-2/h10-16H,1,5-9H2,2-3H3,(H,29,32)(H,33,37)(H,34,35). The van der Waals surface area contributed by atoms with Crippen molar-refractivity contribution in [2.45, 2.75) is 26.2 Å². The molecule has 3 N–H and O–H groups in total. The van der Waals surface area contributed by atoms with Gasteiger partial charge in [0, 0.05) is 61.8 Å². The molecule has 0 unspecified atom stereocenters. The Kier molecular flexibility index (Phi) is 6.97. The Morgan fingerprint density at radius 1 is 1.05 bits per heavy atom. The van der Waals surface area contributed by atoms with Crippen LogP contribution in [0.3, 0.4) is 0 Å². The van der Waals surface area contributed by atoms with Gasteiger partial charge in [0.25, 0.3) is 5.91 Å². The van der Waals surface area contributed by atoms with E-state index in [0.29, 0.717) is 51.5 Å². The molecule has 0 aliphatic carbocycles. The molecule has 0 aromatic carbocycles. The molecule has 0 saturated carbocycles. The van der Waals surface area contributed by atoms with Gasteiger partial charge in [-0.3, -0.25) is 19.6 Å². The van der Waals surface area contributed by atoms with Gasteiger partial charge in [0.15, 0.2) is 0 Å². The fourth-order valence-corrected chi connectivity index (χ4v) is 4.53. The summed E-state index contributed by atoms with van der Waals surface area (Å²) in [6, 6.07) is 3.79. The number of imidazole rings is 1. The maximum atomic E-state index is 13.1. The zero-order chi connectivity index (χ0) is 26.6. The number of pyridine rings is 3. The minimum atomic E-state index is -0.0906. The highest BCUT2D eigenvalue weighted by Gasteiger charge is 2.24. The van der Waals surface area contributed by atoms with Crippen molar-refractivity contribution in [2.75, 3.05) is 30.8 Å². The van der Waals surface area contributed by atoms with Crippen molar-refractivity contribution in [1.29, 1.82) is 0 Å². The van der Waals surface area contributed by atoms with Gasteiger partial charge in [-0.05, 0) is 25.0 Å². The SMILES string of the molecule is C=C=C(c1nc2c(C(=O)N3CCCC3)cncc2[nH]1)c1cc(-c2cncc(NC(=O)CC)c2)cnc1NC. The van der Waals surface area contributed by atoms with Crippen LogP contribution in [-0.4, -0.2) is 61.8 Å². The highest BCUT2D eigenvalue weighted by atomic mass is 16.2. The molecule has 0 bridgehead atoms. The average Bonchev–Trinajstić information content (AvgIpc) is 3.63. The van der Waals surface area contributed by atoms with Crippen LogP contribution in [0.2, 0.25) is 0 Å². The molecule has 4 aromatic heterocycles. The van der Waals surface area contributed by atoms with E-state index in [4.69, 9.17) is 4.98 Å². The highest BCUT2D eigenvalue weighted by Crippen LogP contribution is 2.32. The van der Waals surface area contributed by atoms with Crippen LogP contribution in [0.1, 0.15) is 47.9 Å². The molecule has 0 atom stereocenters. The number of carbonyl (C=O) groups is 2. The lowest BCUT2D eigenvalue weighted by molar-refractivity contribution is -0.115. The molecular weight excluding hydrogens is 480 g/mol. The monoisotopic (exact) mass is 508 g/mol. The summed E-state index contributed by atoms with van der Waals surface area (Å²) in [6.07, 6.45) is 10.7. The van der Waals surface area contributed by atoms with E-state index in [1.807, 2.05) is 17.0 Å². The average molecular weight is 509 g/mol. The third-order valence-electron chi connectivity index (χ3n) is 6.50. The summed E-state index contributed by atoms with van der Waals surface area (Å²) in [6.45, 7) is 7.19. The predicted octanol–water partition coefficient (Wildman–Crippen LogP) is 4.26. The van der Waals surface area contributed by atoms with Crippen molar-refractivity contribution < 1.29 is 9.59 Å². The summed E-state index contributed by atoms with van der Waals surface area (Å²) < 4.78 is 0. The second-order valence-corrected chi connectivity index (χ2v) is 8.95. The van der Waals surface area contributed by atoms with E-state index in [2.05, 4.69) is 42.9 Å². The molecule has 10 nitrogen and oxygen atoms in total. The Labute approximate surface area is 219 Å². The number of carbonyl (C=O) groups excluding carboxylic acids is 2. The quantitative estimate of drug-likeness (QED) is 0.318. The number of aromatic nitrogens is 5. The predicted molar refractivity (Wildman–Crippen MR) is 147 cm³/mol. The van der Waals surface area contributed by atoms with Crippen LogP contribution in [-0.2, 0) is 4.79 Å². The number of H-pyrrole nitrogens is 1. The molecule has 1 saturated heterocycles. The first kappa shape index (κ1) is 24.9. The fraction of sp³-hybridized carbons (Fsp3) is 0.250. The number of likely N-dealkylation sites (tertiary alicyclic amines) is 1. The minimum absolute atomic E-state index is 0.0649. The lowest BCUT2D eigenvalue weighted by atomic mass is 10.0. The number of hydrogen-bond donors (Lipinski definition) is 3. The summed E-state index contributed by atoms with van der Waals surface area (Å²) in [5, 5.41) is 5.95. The van der Waals surface area contributed by atoms with E-state index < -0.39 is 0 Å². The number of rotatable bonds is 7. The zero-order valence-electron chi connectivity index (χ0n) is 21.3. The fourth-order valence-electron chi connectivity index (χ4n) is 4.53. The Hall–Kier alpha value is -4.82. The van der Waals surface area contributed by atoms with Crippen molar-refractivity contribution in [3.8, 4) is 11.1 Å². The van der Waals surface area contributed by atoms with Gasteiger partial charge >= 0.3 is 0 Å². The summed E-state index contributed by atoms with van der Waals surface area (Å²) in [5.74, 6) is 0.947. The van der Waals surface area contributed by atoms with Gasteiger partial charge in [0.2, 0.25) is 5.91 Å². The first-order valence-corrected chi connectivity index (χ1v) is 12.5. The second-order valence-electron chi connectivity index (χ2n) is 8.95. The Morgan fingerprint density at radius 2 is 1.82 bits per heavy atom. The lowest BCUT2D eigenvalue weighted by Crippen LogP contribution is -2.27. The molecule has 2 amide bonds. The second kappa shape index (κ2) is 10.7. The van der Waals surface area contributed by atoms with Crippen LogP contribution in [0.4, 0.5) is 11.5 Å². The van der Waals surface area contributed by atoms with Gasteiger partial charge in [-0.25, -0.2) is 9.97 Å². The number of amides is 2. The molecule has 1 fully saturated rings. The largest absolute Gasteiger partial charge is 0.373 e. The first-order valence-electron chi connectivity index (χ1n) is 12.5. The van der Waals surface area contributed by atoms with Crippen LogP contribution in [0.5, 0.6) is 0 Å². The number of nitrogens with zero attached hydrogens (tertiary/aromatic N) is 5. The third-order valence-corrected chi connectivity index (χ3v) is 6.50. The molecule has 5 rings (SSSR count). The molecule has 1 aliphatic heterocycles. The third kappa shape index (κ3) is 4.77. The molecule has 192 valence electrons. The van der Waals surface area contributed by atoms with Crippen LogP contribution >= 0.6 is 0 Å². The summed E-state index contributed by atoms with van der Waals surface area (Å²) in [5.41, 5.74) is 8.14. The van der Waals surface area contributed by atoms with Crippen molar-refractivity contribution in [3.05, 3.63) is 72.4 Å². The number of hydrogen-bond acceptors (Lipinski definition) is 7. The van der Waals surface area contributed by atoms with Gasteiger partial charge in [0.05, 0.1) is 34.7 Å². The molecule has 0 spiro atoms. The molecule has 38 heavy (non-hydrogen) atoms. The van der Waals surface area contributed by atoms with Crippen LogP contribution in [0.15, 0.2) is 55.4 Å². The lowest BCUT2D eigenvalue weighted by Gasteiger charge is -2.14. The summed E-state index contributed by atoms with van der Waals surface area (Å²) in [4.78, 5) is 48.0. The molecule has 5 heterocycles. The molecule has 0 radical (unpaired) electrons. The van der Waals surface area contributed by atoms with Crippen LogP contribution < -0.4 is 10.6 Å². The van der Waals surface area contributed by atoms with E-state index in [0.717, 1.165) is 37.1 Å². The van der Waals surface area contributed by atoms with E-state index >= 15 is 0 Å². The zero-order valence-corrected chi connectivity index (χ0v) is 21.3. The van der Waals surface area contributed by atoms with Crippen molar-refractivity contribution in [3.63, 3.8) is 0 Å². The smallest absolute Gasteiger partial charge is 0.257 e. The summed E-state index contributed by atoms with van der Waals surface area (Å²) >= 11 is 0. The van der Waals surface area contributed by atoms with Gasteiger partial charge < -0.3 is 20.5 Å². The maximum absolute atomic E-state index is 13.1. The van der Waals surface area contributed by atoms with Crippen LogP contribution in [0, 0.1) is 0 Å². The number of aromatic amines is 1. The van der Waals surface area contributed by atoms with E-state index in [9.17, 15) is 9.59 Å². The topological polar surface area (TPSA) is 129 Å². The Balaban J connectivity index is 1.55. The van der Waals surface area contributed by atoms with Gasteiger partial charge in [0.1, 0.15) is 17.2 Å². The molecular formula is C28H28N8O2. The molecule has 10 heteroatoms. The number of anilines is 2. The van der Waals surface area contributed by atoms with E-state index in [1.165, 1.54) is 0 Å². The minimum Gasteiger partial charge on any atom is -0.373 e. The number of fused-ring (bicyclic) bond motifs is 1. The normalized spacial score (nSPS) is 12.8.